The van der Waals surface area contributed by atoms with E-state index in [2.05, 4.69) is 29.2 Å². The van der Waals surface area contributed by atoms with E-state index < -0.39 is 5.41 Å². The van der Waals surface area contributed by atoms with E-state index in [0.717, 1.165) is 35.8 Å². The van der Waals surface area contributed by atoms with Crippen LogP contribution in [0.2, 0.25) is 0 Å². The zero-order chi connectivity index (χ0) is 18.6. The Hall–Kier alpha value is -2.68. The van der Waals surface area contributed by atoms with E-state index in [9.17, 15) is 9.59 Å². The number of aldehydes is 2. The predicted molar refractivity (Wildman–Crippen MR) is 105 cm³/mol. The summed E-state index contributed by atoms with van der Waals surface area (Å²) in [5, 5.41) is 0. The number of fused-ring (bicyclic) bond motifs is 1. The van der Waals surface area contributed by atoms with Gasteiger partial charge in [-0.05, 0) is 35.6 Å². The van der Waals surface area contributed by atoms with Crippen molar-refractivity contribution in [3.05, 3.63) is 77.0 Å². The molecule has 0 saturated heterocycles. The van der Waals surface area contributed by atoms with Gasteiger partial charge >= 0.3 is 0 Å². The standard InChI is InChI=1S/C23H25NO2/c1-24(2)22-15-19-11-6-7-12-20(19)21(17-26)23(22,13-8-14-25)16-18-9-4-3-5-10-18/h3-7,9-12,14-15,17,21H,8,13,16H2,1-2H3. The van der Waals surface area contributed by atoms with Crippen LogP contribution in [-0.2, 0) is 16.0 Å². The fraction of sp³-hybridized carbons (Fsp3) is 0.304. The Morgan fingerprint density at radius 1 is 1.00 bits per heavy atom. The van der Waals surface area contributed by atoms with Gasteiger partial charge in [-0.2, -0.15) is 0 Å². The summed E-state index contributed by atoms with van der Waals surface area (Å²) in [4.78, 5) is 25.7. The molecule has 2 aromatic carbocycles. The van der Waals surface area contributed by atoms with E-state index in [1.807, 2.05) is 50.5 Å². The summed E-state index contributed by atoms with van der Waals surface area (Å²) in [6.07, 6.45) is 6.02. The highest BCUT2D eigenvalue weighted by Crippen LogP contribution is 2.52. The van der Waals surface area contributed by atoms with Crippen molar-refractivity contribution in [1.82, 2.24) is 4.90 Å². The molecule has 1 aliphatic rings. The fourth-order valence-electron chi connectivity index (χ4n) is 4.30. The summed E-state index contributed by atoms with van der Waals surface area (Å²) in [6.45, 7) is 0. The van der Waals surface area contributed by atoms with Crippen LogP contribution >= 0.6 is 0 Å². The number of allylic oxidation sites excluding steroid dienone is 1. The second-order valence-electron chi connectivity index (χ2n) is 7.19. The second-order valence-corrected chi connectivity index (χ2v) is 7.19. The third kappa shape index (κ3) is 3.22. The monoisotopic (exact) mass is 347 g/mol. The summed E-state index contributed by atoms with van der Waals surface area (Å²) >= 11 is 0. The predicted octanol–water partition coefficient (Wildman–Crippen LogP) is 4.09. The van der Waals surface area contributed by atoms with Crippen LogP contribution < -0.4 is 0 Å². The lowest BCUT2D eigenvalue weighted by Crippen LogP contribution is -2.41. The first-order valence-electron chi connectivity index (χ1n) is 9.03. The fourth-order valence-corrected chi connectivity index (χ4v) is 4.30. The van der Waals surface area contributed by atoms with Gasteiger partial charge in [-0.3, -0.25) is 0 Å². The topological polar surface area (TPSA) is 37.4 Å². The van der Waals surface area contributed by atoms with Gasteiger partial charge in [0.05, 0.1) is 5.92 Å². The molecule has 2 unspecified atom stereocenters. The molecule has 134 valence electrons. The van der Waals surface area contributed by atoms with Gasteiger partial charge in [-0.25, -0.2) is 0 Å². The smallest absolute Gasteiger partial charge is 0.128 e. The molecule has 0 amide bonds. The first-order chi connectivity index (χ1) is 12.6. The molecule has 0 saturated carbocycles. The Morgan fingerprint density at radius 3 is 2.35 bits per heavy atom. The zero-order valence-electron chi connectivity index (χ0n) is 15.4. The van der Waals surface area contributed by atoms with Crippen LogP contribution in [0.1, 0.15) is 35.4 Å². The van der Waals surface area contributed by atoms with Crippen LogP contribution in [0.15, 0.2) is 60.3 Å². The molecule has 0 fully saturated rings. The highest BCUT2D eigenvalue weighted by molar-refractivity contribution is 5.75. The molecule has 2 aromatic rings. The maximum Gasteiger partial charge on any atom is 0.128 e. The maximum absolute atomic E-state index is 12.3. The zero-order valence-corrected chi connectivity index (χ0v) is 15.4. The van der Waals surface area contributed by atoms with Gasteiger partial charge in [-0.15, -0.1) is 0 Å². The van der Waals surface area contributed by atoms with Crippen molar-refractivity contribution < 1.29 is 9.59 Å². The third-order valence-corrected chi connectivity index (χ3v) is 5.42. The summed E-state index contributed by atoms with van der Waals surface area (Å²) in [7, 11) is 4.03. The van der Waals surface area contributed by atoms with Gasteiger partial charge in [0.2, 0.25) is 0 Å². The van der Waals surface area contributed by atoms with Gasteiger partial charge in [0.1, 0.15) is 12.6 Å². The number of benzene rings is 2. The normalized spacial score (nSPS) is 21.5. The molecular weight excluding hydrogens is 322 g/mol. The number of nitrogens with zero attached hydrogens (tertiary/aromatic N) is 1. The SMILES string of the molecule is CN(C)C1=Cc2ccccc2C(C=O)C1(CCC=O)Cc1ccccc1. The molecule has 0 aromatic heterocycles. The molecule has 26 heavy (non-hydrogen) atoms. The van der Waals surface area contributed by atoms with E-state index in [1.54, 1.807) is 0 Å². The quantitative estimate of drug-likeness (QED) is 0.708. The minimum atomic E-state index is -0.429. The average Bonchev–Trinajstić information content (AvgIpc) is 2.66. The number of hydrogen-bond acceptors (Lipinski definition) is 3. The summed E-state index contributed by atoms with van der Waals surface area (Å²) in [5.41, 5.74) is 4.00. The average molecular weight is 347 g/mol. The summed E-state index contributed by atoms with van der Waals surface area (Å²) in [6, 6.07) is 18.3. The molecule has 0 radical (unpaired) electrons. The molecule has 1 aliphatic carbocycles. The number of carbonyl (C=O) groups excluding carboxylic acids is 2. The van der Waals surface area contributed by atoms with Crippen LogP contribution in [0.5, 0.6) is 0 Å². The van der Waals surface area contributed by atoms with Crippen LogP contribution in [0, 0.1) is 5.41 Å². The van der Waals surface area contributed by atoms with Crippen molar-refractivity contribution in [1.29, 1.82) is 0 Å². The van der Waals surface area contributed by atoms with Crippen molar-refractivity contribution in [2.24, 2.45) is 5.41 Å². The number of rotatable bonds is 7. The summed E-state index contributed by atoms with van der Waals surface area (Å²) < 4.78 is 0. The van der Waals surface area contributed by atoms with Gasteiger partial charge < -0.3 is 14.5 Å². The molecule has 3 nitrogen and oxygen atoms in total. The van der Waals surface area contributed by atoms with Gasteiger partial charge in [0.15, 0.2) is 0 Å². The second kappa shape index (κ2) is 7.69. The molecule has 0 spiro atoms. The largest absolute Gasteiger partial charge is 0.380 e. The Morgan fingerprint density at radius 2 is 1.69 bits per heavy atom. The van der Waals surface area contributed by atoms with Crippen molar-refractivity contribution in [2.75, 3.05) is 14.1 Å². The van der Waals surface area contributed by atoms with E-state index in [-0.39, 0.29) is 5.92 Å². The Bertz CT molecular complexity index is 810. The highest BCUT2D eigenvalue weighted by Gasteiger charge is 2.46. The molecule has 3 heteroatoms. The number of hydrogen-bond donors (Lipinski definition) is 0. The van der Waals surface area contributed by atoms with E-state index in [1.165, 1.54) is 5.56 Å². The minimum absolute atomic E-state index is 0.277. The molecule has 0 heterocycles. The molecule has 2 atom stereocenters. The lowest BCUT2D eigenvalue weighted by atomic mass is 9.61. The Balaban J connectivity index is 2.20. The van der Waals surface area contributed by atoms with Gasteiger partial charge in [0.25, 0.3) is 0 Å². The molecular formula is C23H25NO2. The van der Waals surface area contributed by atoms with E-state index in [0.29, 0.717) is 12.8 Å². The molecule has 3 rings (SSSR count). The molecule has 0 N–H and O–H groups in total. The van der Waals surface area contributed by atoms with Gasteiger partial charge in [-0.1, -0.05) is 54.6 Å². The van der Waals surface area contributed by atoms with Crippen molar-refractivity contribution in [3.8, 4) is 0 Å². The lowest BCUT2D eigenvalue weighted by Gasteiger charge is -2.46. The number of carbonyl (C=O) groups is 2. The van der Waals surface area contributed by atoms with Crippen molar-refractivity contribution in [2.45, 2.75) is 25.2 Å². The molecule has 0 aliphatic heterocycles. The first-order valence-corrected chi connectivity index (χ1v) is 9.03. The maximum atomic E-state index is 12.3. The van der Waals surface area contributed by atoms with Crippen LogP contribution in [0.4, 0.5) is 0 Å². The summed E-state index contributed by atoms with van der Waals surface area (Å²) in [5.74, 6) is -0.277. The van der Waals surface area contributed by atoms with Crippen LogP contribution in [-0.4, -0.2) is 31.6 Å². The lowest BCUT2D eigenvalue weighted by molar-refractivity contribution is -0.113. The van der Waals surface area contributed by atoms with Crippen molar-refractivity contribution >= 4 is 18.6 Å². The van der Waals surface area contributed by atoms with Gasteiger partial charge in [0, 0.05) is 31.6 Å². The third-order valence-electron chi connectivity index (χ3n) is 5.42. The first kappa shape index (κ1) is 18.1. The van der Waals surface area contributed by atoms with E-state index in [4.69, 9.17) is 0 Å². The minimum Gasteiger partial charge on any atom is -0.380 e. The Kier molecular flexibility index (Phi) is 5.36. The van der Waals surface area contributed by atoms with E-state index >= 15 is 0 Å². The van der Waals surface area contributed by atoms with Crippen molar-refractivity contribution in [3.63, 3.8) is 0 Å². The Labute approximate surface area is 155 Å². The van der Waals surface area contributed by atoms with Crippen LogP contribution in [0.3, 0.4) is 0 Å². The molecule has 0 bridgehead atoms. The van der Waals surface area contributed by atoms with Crippen LogP contribution in [0.25, 0.3) is 6.08 Å². The highest BCUT2D eigenvalue weighted by atomic mass is 16.1.